The molecule has 3 nitrogen and oxygen atoms in total. The van der Waals surface area contributed by atoms with Gasteiger partial charge in [0.1, 0.15) is 5.58 Å². The minimum absolute atomic E-state index is 0.412. The normalized spacial score (nSPS) is 14.9. The third-order valence-corrected chi connectivity index (χ3v) is 13.7. The summed E-state index contributed by atoms with van der Waals surface area (Å²) in [4.78, 5) is 2.43. The highest BCUT2D eigenvalue weighted by atomic mass is 16.3. The molecule has 0 radical (unpaired) electrons. The molecule has 1 atom stereocenters. The van der Waals surface area contributed by atoms with Crippen LogP contribution in [0.3, 0.4) is 0 Å². The highest BCUT2D eigenvalue weighted by molar-refractivity contribution is 6.19. The van der Waals surface area contributed by atoms with Crippen molar-refractivity contribution < 1.29 is 4.42 Å². The average Bonchev–Trinajstić information content (AvgIpc) is 3.99. The summed E-state index contributed by atoms with van der Waals surface area (Å²) >= 11 is 0. The number of benzene rings is 8. The summed E-state index contributed by atoms with van der Waals surface area (Å²) in [6.45, 7) is 2.37. The number of allylic oxidation sites excluding steroid dienone is 1. The lowest BCUT2D eigenvalue weighted by Crippen LogP contribution is -2.29. The van der Waals surface area contributed by atoms with E-state index in [-0.39, 0.29) is 0 Å². The smallest absolute Gasteiger partial charge is 0.154 e. The van der Waals surface area contributed by atoms with Crippen LogP contribution in [0.4, 0.5) is 17.1 Å². The number of anilines is 3. The van der Waals surface area contributed by atoms with Gasteiger partial charge in [-0.05, 0) is 135 Å². The van der Waals surface area contributed by atoms with Crippen LogP contribution < -0.4 is 15.5 Å². The van der Waals surface area contributed by atoms with Gasteiger partial charge in [-0.2, -0.15) is 0 Å². The Balaban J connectivity index is 0.944. The first kappa shape index (κ1) is 35.2. The van der Waals surface area contributed by atoms with E-state index in [1.54, 1.807) is 0 Å². The fourth-order valence-corrected chi connectivity index (χ4v) is 10.8. The van der Waals surface area contributed by atoms with Crippen molar-refractivity contribution in [1.82, 2.24) is 4.57 Å². The summed E-state index contributed by atoms with van der Waals surface area (Å²) in [5, 5.41) is 6.32. The van der Waals surface area contributed by atoms with E-state index < -0.39 is 0 Å². The standard InChI is InChI=1S/C59H42N2O/c1-37-12-9-21-54-57(37)51-36-41(28-34-53(51)61(54)55-22-11-19-49-46-17-7-8-23-56(46)62-59(49)55)40-26-31-43(32-27-40)60(42-29-24-39(25-30-42)38-13-3-2-4-14-38)52-35-33-48-45-16-6-5-15-44(45)47-18-10-20-50(52)58(47)48/h2-10,13-21,23-37H,11-12,22H2,1H3. The van der Waals surface area contributed by atoms with Crippen LogP contribution in [0.5, 0.6) is 0 Å². The van der Waals surface area contributed by atoms with Gasteiger partial charge in [-0.25, -0.2) is 0 Å². The Morgan fingerprint density at radius 3 is 2.00 bits per heavy atom. The number of fused-ring (bicyclic) bond motifs is 9. The van der Waals surface area contributed by atoms with Crippen molar-refractivity contribution >= 4 is 67.6 Å². The lowest BCUT2D eigenvalue weighted by atomic mass is 9.90. The first-order valence-corrected chi connectivity index (χ1v) is 22.0. The summed E-state index contributed by atoms with van der Waals surface area (Å²) < 4.78 is 9.15. The number of aromatic nitrogens is 1. The van der Waals surface area contributed by atoms with Crippen molar-refractivity contribution in [2.45, 2.75) is 32.1 Å². The Bertz CT molecular complexity index is 3570. The van der Waals surface area contributed by atoms with Gasteiger partial charge in [-0.15, -0.1) is 0 Å². The molecule has 8 aromatic carbocycles. The minimum Gasteiger partial charge on any atom is -0.454 e. The molecule has 2 heterocycles. The van der Waals surface area contributed by atoms with Crippen molar-refractivity contribution in [2.75, 3.05) is 4.90 Å². The number of rotatable bonds is 6. The van der Waals surface area contributed by atoms with Gasteiger partial charge < -0.3 is 13.9 Å². The van der Waals surface area contributed by atoms with Crippen LogP contribution in [-0.4, -0.2) is 4.57 Å². The molecular formula is C59H42N2O. The molecule has 0 spiro atoms. The second kappa shape index (κ2) is 13.7. The first-order chi connectivity index (χ1) is 30.7. The molecule has 0 saturated heterocycles. The Morgan fingerprint density at radius 2 is 1.21 bits per heavy atom. The molecule has 2 aromatic heterocycles. The van der Waals surface area contributed by atoms with Gasteiger partial charge in [0, 0.05) is 38.4 Å². The average molecular weight is 795 g/mol. The fourth-order valence-electron chi connectivity index (χ4n) is 10.8. The molecule has 13 rings (SSSR count). The third kappa shape index (κ3) is 5.24. The number of furan rings is 1. The van der Waals surface area contributed by atoms with Crippen LogP contribution in [0.25, 0.3) is 95.0 Å². The SMILES string of the molecule is CC1CC=Cc2c1c1cc(-c3ccc(N(c4ccc(-c5ccccc5)cc4)c4ccc5c6c(cccc46)-c4ccccc4-5)cc3)ccc1n2C1=c2oc3ccccc3c2=CCC1. The predicted molar refractivity (Wildman–Crippen MR) is 259 cm³/mol. The molecular weight excluding hydrogens is 753 g/mol. The molecule has 0 amide bonds. The van der Waals surface area contributed by atoms with Crippen LogP contribution in [0, 0.1) is 0 Å². The van der Waals surface area contributed by atoms with E-state index in [0.29, 0.717) is 5.92 Å². The Morgan fingerprint density at radius 1 is 0.565 bits per heavy atom. The highest BCUT2D eigenvalue weighted by Gasteiger charge is 2.27. The summed E-state index contributed by atoms with van der Waals surface area (Å²) in [6, 6.07) is 64.6. The molecule has 3 aliphatic carbocycles. The number of nitrogens with zero attached hydrogens (tertiary/aromatic N) is 2. The maximum atomic E-state index is 6.64. The topological polar surface area (TPSA) is 21.3 Å². The van der Waals surface area contributed by atoms with E-state index in [0.717, 1.165) is 41.6 Å². The van der Waals surface area contributed by atoms with E-state index in [4.69, 9.17) is 4.42 Å². The molecule has 0 bridgehead atoms. The Kier molecular flexibility index (Phi) is 7.77. The van der Waals surface area contributed by atoms with E-state index >= 15 is 0 Å². The van der Waals surface area contributed by atoms with E-state index in [1.807, 2.05) is 0 Å². The third-order valence-electron chi connectivity index (χ3n) is 13.7. The Labute approximate surface area is 360 Å². The maximum Gasteiger partial charge on any atom is 0.154 e. The van der Waals surface area contributed by atoms with Crippen molar-refractivity contribution in [3.8, 4) is 44.5 Å². The molecule has 10 aromatic rings. The zero-order valence-corrected chi connectivity index (χ0v) is 34.5. The predicted octanol–water partition coefficient (Wildman–Crippen LogP) is 14.7. The van der Waals surface area contributed by atoms with Gasteiger partial charge in [-0.1, -0.05) is 146 Å². The van der Waals surface area contributed by atoms with Gasteiger partial charge in [0.2, 0.25) is 0 Å². The van der Waals surface area contributed by atoms with Gasteiger partial charge in [0.05, 0.1) is 16.9 Å². The zero-order chi connectivity index (χ0) is 40.9. The minimum atomic E-state index is 0.412. The van der Waals surface area contributed by atoms with Gasteiger partial charge in [0.15, 0.2) is 5.42 Å². The molecule has 3 aliphatic rings. The number of para-hydroxylation sites is 1. The lowest BCUT2D eigenvalue weighted by molar-refractivity contribution is 0.563. The van der Waals surface area contributed by atoms with Crippen molar-refractivity contribution in [3.63, 3.8) is 0 Å². The van der Waals surface area contributed by atoms with Gasteiger partial charge in [0.25, 0.3) is 0 Å². The van der Waals surface area contributed by atoms with Crippen molar-refractivity contribution in [2.24, 2.45) is 0 Å². The summed E-state index contributed by atoms with van der Waals surface area (Å²) in [7, 11) is 0. The monoisotopic (exact) mass is 794 g/mol. The van der Waals surface area contributed by atoms with E-state index in [1.165, 1.54) is 99.4 Å². The Hall–Kier alpha value is -7.62. The molecule has 62 heavy (non-hydrogen) atoms. The molecule has 0 aliphatic heterocycles. The largest absolute Gasteiger partial charge is 0.454 e. The number of hydrogen-bond donors (Lipinski definition) is 0. The van der Waals surface area contributed by atoms with Crippen molar-refractivity contribution in [1.29, 1.82) is 0 Å². The van der Waals surface area contributed by atoms with Crippen LogP contribution in [0.1, 0.15) is 43.4 Å². The lowest BCUT2D eigenvalue weighted by Gasteiger charge is -2.27. The van der Waals surface area contributed by atoms with Crippen LogP contribution in [-0.2, 0) is 0 Å². The van der Waals surface area contributed by atoms with E-state index in [9.17, 15) is 0 Å². The summed E-state index contributed by atoms with van der Waals surface area (Å²) in [5.41, 5.74) is 20.7. The summed E-state index contributed by atoms with van der Waals surface area (Å²) in [5.74, 6) is 0.412. The quantitative estimate of drug-likeness (QED) is 0.167. The fraction of sp³-hybridized carbons (Fsp3) is 0.0847. The molecule has 0 N–H and O–H groups in total. The zero-order valence-electron chi connectivity index (χ0n) is 34.5. The maximum absolute atomic E-state index is 6.64. The van der Waals surface area contributed by atoms with Gasteiger partial charge >= 0.3 is 0 Å². The second-order valence-corrected chi connectivity index (χ2v) is 17.1. The number of hydrogen-bond acceptors (Lipinski definition) is 2. The second-order valence-electron chi connectivity index (χ2n) is 17.1. The van der Waals surface area contributed by atoms with Crippen LogP contribution in [0.15, 0.2) is 186 Å². The van der Waals surface area contributed by atoms with Gasteiger partial charge in [-0.3, -0.25) is 0 Å². The highest BCUT2D eigenvalue weighted by Crippen LogP contribution is 2.51. The van der Waals surface area contributed by atoms with Crippen LogP contribution in [0.2, 0.25) is 0 Å². The molecule has 294 valence electrons. The van der Waals surface area contributed by atoms with Crippen molar-refractivity contribution in [3.05, 3.63) is 204 Å². The first-order valence-electron chi connectivity index (χ1n) is 22.0. The summed E-state index contributed by atoms with van der Waals surface area (Å²) in [6.07, 6.45) is 10.0. The van der Waals surface area contributed by atoms with Crippen LogP contribution >= 0.6 is 0 Å². The molecule has 0 saturated carbocycles. The molecule has 1 unspecified atom stereocenters. The molecule has 3 heteroatoms. The molecule has 0 fully saturated rings. The van der Waals surface area contributed by atoms with E-state index in [2.05, 4.69) is 211 Å².